The molecule has 1 heterocycles. The number of morpholine rings is 1. The number of anilines is 2. The fourth-order valence-electron chi connectivity index (χ4n) is 3.22. The van der Waals surface area contributed by atoms with Crippen LogP contribution in [-0.2, 0) is 9.53 Å². The highest BCUT2D eigenvalue weighted by Gasteiger charge is 2.21. The third kappa shape index (κ3) is 4.81. The molecule has 7 heteroatoms. The number of nitrogens with one attached hydrogen (secondary N) is 2. The summed E-state index contributed by atoms with van der Waals surface area (Å²) in [6.07, 6.45) is 0. The van der Waals surface area contributed by atoms with Crippen molar-refractivity contribution in [1.29, 1.82) is 0 Å². The van der Waals surface area contributed by atoms with Gasteiger partial charge in [0.15, 0.2) is 0 Å². The number of benzene rings is 2. The standard InChI is InChI=1S/C22H25N3O4/c1-14-7-8-17(13-20(14)23-16(3)26)21(27)24-19-6-4-5-18(15(19)2)22(28)25-9-11-29-12-10-25/h4-8,13H,9-12H2,1-3H3,(H,23,26)(H,24,27). The molecule has 2 aromatic carbocycles. The van der Waals surface area contributed by atoms with Crippen LogP contribution in [0.2, 0.25) is 0 Å². The van der Waals surface area contributed by atoms with Gasteiger partial charge in [-0.25, -0.2) is 0 Å². The summed E-state index contributed by atoms with van der Waals surface area (Å²) < 4.78 is 5.31. The zero-order chi connectivity index (χ0) is 21.0. The summed E-state index contributed by atoms with van der Waals surface area (Å²) >= 11 is 0. The van der Waals surface area contributed by atoms with E-state index in [0.717, 1.165) is 5.56 Å². The molecule has 0 unspecified atom stereocenters. The van der Waals surface area contributed by atoms with Crippen molar-refractivity contribution in [3.8, 4) is 0 Å². The smallest absolute Gasteiger partial charge is 0.255 e. The van der Waals surface area contributed by atoms with Gasteiger partial charge in [-0.2, -0.15) is 0 Å². The van der Waals surface area contributed by atoms with Gasteiger partial charge >= 0.3 is 0 Å². The number of ether oxygens (including phenoxy) is 1. The Hall–Kier alpha value is -3.19. The molecule has 1 saturated heterocycles. The highest BCUT2D eigenvalue weighted by atomic mass is 16.5. The lowest BCUT2D eigenvalue weighted by Crippen LogP contribution is -2.41. The van der Waals surface area contributed by atoms with Crippen LogP contribution in [-0.4, -0.2) is 48.9 Å². The van der Waals surface area contributed by atoms with Crippen molar-refractivity contribution in [3.63, 3.8) is 0 Å². The minimum Gasteiger partial charge on any atom is -0.378 e. The van der Waals surface area contributed by atoms with E-state index in [9.17, 15) is 14.4 Å². The summed E-state index contributed by atoms with van der Waals surface area (Å²) in [6, 6.07) is 10.4. The largest absolute Gasteiger partial charge is 0.378 e. The molecule has 0 atom stereocenters. The van der Waals surface area contributed by atoms with E-state index in [4.69, 9.17) is 4.74 Å². The maximum absolute atomic E-state index is 12.8. The first-order valence-electron chi connectivity index (χ1n) is 9.53. The zero-order valence-electron chi connectivity index (χ0n) is 16.9. The molecule has 2 aromatic rings. The average Bonchev–Trinajstić information content (AvgIpc) is 2.71. The van der Waals surface area contributed by atoms with Gasteiger partial charge in [0.25, 0.3) is 11.8 Å². The van der Waals surface area contributed by atoms with E-state index >= 15 is 0 Å². The molecule has 2 N–H and O–H groups in total. The zero-order valence-corrected chi connectivity index (χ0v) is 16.9. The number of hydrogen-bond acceptors (Lipinski definition) is 4. The minimum atomic E-state index is -0.310. The fourth-order valence-corrected chi connectivity index (χ4v) is 3.22. The van der Waals surface area contributed by atoms with E-state index in [2.05, 4.69) is 10.6 Å². The number of hydrogen-bond donors (Lipinski definition) is 2. The first-order valence-corrected chi connectivity index (χ1v) is 9.53. The summed E-state index contributed by atoms with van der Waals surface area (Å²) in [6.45, 7) is 7.29. The van der Waals surface area contributed by atoms with Crippen molar-refractivity contribution >= 4 is 29.1 Å². The Morgan fingerprint density at radius 1 is 0.966 bits per heavy atom. The van der Waals surface area contributed by atoms with Crippen LogP contribution in [0.5, 0.6) is 0 Å². The van der Waals surface area contributed by atoms with Gasteiger partial charge in [-0.05, 0) is 49.2 Å². The fraction of sp³-hybridized carbons (Fsp3) is 0.318. The molecule has 1 aliphatic heterocycles. The van der Waals surface area contributed by atoms with Crippen molar-refractivity contribution in [2.75, 3.05) is 36.9 Å². The van der Waals surface area contributed by atoms with Gasteiger partial charge in [0.05, 0.1) is 13.2 Å². The summed E-state index contributed by atoms with van der Waals surface area (Å²) in [5.41, 5.74) is 3.74. The van der Waals surface area contributed by atoms with Crippen molar-refractivity contribution in [3.05, 3.63) is 58.7 Å². The lowest BCUT2D eigenvalue weighted by molar-refractivity contribution is -0.114. The van der Waals surface area contributed by atoms with Crippen LogP contribution in [0.15, 0.2) is 36.4 Å². The van der Waals surface area contributed by atoms with Crippen LogP contribution in [0.3, 0.4) is 0 Å². The van der Waals surface area contributed by atoms with E-state index in [1.165, 1.54) is 6.92 Å². The molecule has 0 spiro atoms. The van der Waals surface area contributed by atoms with Crippen LogP contribution < -0.4 is 10.6 Å². The summed E-state index contributed by atoms with van der Waals surface area (Å²) in [5, 5.41) is 5.60. The van der Waals surface area contributed by atoms with E-state index in [0.29, 0.717) is 54.4 Å². The molecule has 0 bridgehead atoms. The van der Waals surface area contributed by atoms with Gasteiger partial charge in [-0.15, -0.1) is 0 Å². The van der Waals surface area contributed by atoms with Crippen molar-refractivity contribution in [2.24, 2.45) is 0 Å². The molecule has 7 nitrogen and oxygen atoms in total. The number of rotatable bonds is 4. The number of carbonyl (C=O) groups excluding carboxylic acids is 3. The summed E-state index contributed by atoms with van der Waals surface area (Å²) in [7, 11) is 0. The molecule has 0 aromatic heterocycles. The van der Waals surface area contributed by atoms with Gasteiger partial charge in [0.1, 0.15) is 0 Å². The van der Waals surface area contributed by atoms with E-state index < -0.39 is 0 Å². The van der Waals surface area contributed by atoms with Gasteiger partial charge < -0.3 is 20.3 Å². The highest BCUT2D eigenvalue weighted by molar-refractivity contribution is 6.07. The van der Waals surface area contributed by atoms with Crippen molar-refractivity contribution in [1.82, 2.24) is 4.90 Å². The first-order chi connectivity index (χ1) is 13.9. The molecule has 1 aliphatic rings. The van der Waals surface area contributed by atoms with Crippen LogP contribution in [0, 0.1) is 13.8 Å². The molecular formula is C22H25N3O4. The molecule has 0 radical (unpaired) electrons. The van der Waals surface area contributed by atoms with E-state index in [-0.39, 0.29) is 17.7 Å². The molecular weight excluding hydrogens is 370 g/mol. The minimum absolute atomic E-state index is 0.0646. The van der Waals surface area contributed by atoms with Crippen LogP contribution in [0.25, 0.3) is 0 Å². The second-order valence-corrected chi connectivity index (χ2v) is 7.05. The Morgan fingerprint density at radius 2 is 1.69 bits per heavy atom. The number of nitrogens with zero attached hydrogens (tertiary/aromatic N) is 1. The van der Waals surface area contributed by atoms with E-state index in [1.807, 2.05) is 13.8 Å². The van der Waals surface area contributed by atoms with Gasteiger partial charge in [0.2, 0.25) is 5.91 Å². The molecule has 3 amide bonds. The highest BCUT2D eigenvalue weighted by Crippen LogP contribution is 2.23. The van der Waals surface area contributed by atoms with Crippen LogP contribution >= 0.6 is 0 Å². The third-order valence-electron chi connectivity index (χ3n) is 4.92. The van der Waals surface area contributed by atoms with Crippen LogP contribution in [0.1, 0.15) is 38.8 Å². The Balaban J connectivity index is 1.80. The normalized spacial score (nSPS) is 13.7. The number of carbonyl (C=O) groups is 3. The molecule has 0 aliphatic carbocycles. The first kappa shape index (κ1) is 20.5. The Bertz CT molecular complexity index is 949. The second-order valence-electron chi connectivity index (χ2n) is 7.05. The molecule has 0 saturated carbocycles. The average molecular weight is 395 g/mol. The molecule has 152 valence electrons. The number of aryl methyl sites for hydroxylation is 1. The summed E-state index contributed by atoms with van der Waals surface area (Å²) in [4.78, 5) is 38.7. The maximum Gasteiger partial charge on any atom is 0.255 e. The van der Waals surface area contributed by atoms with Crippen molar-refractivity contribution in [2.45, 2.75) is 20.8 Å². The summed E-state index contributed by atoms with van der Waals surface area (Å²) in [5.74, 6) is -0.573. The predicted octanol–water partition coefficient (Wildman–Crippen LogP) is 2.99. The van der Waals surface area contributed by atoms with Gasteiger partial charge in [-0.1, -0.05) is 12.1 Å². The quantitative estimate of drug-likeness (QED) is 0.833. The van der Waals surface area contributed by atoms with Gasteiger partial charge in [0, 0.05) is 42.5 Å². The molecule has 3 rings (SSSR count). The van der Waals surface area contributed by atoms with Gasteiger partial charge in [-0.3, -0.25) is 14.4 Å². The maximum atomic E-state index is 12.8. The monoisotopic (exact) mass is 395 g/mol. The van der Waals surface area contributed by atoms with E-state index in [1.54, 1.807) is 41.3 Å². The number of amides is 3. The Morgan fingerprint density at radius 3 is 2.38 bits per heavy atom. The topological polar surface area (TPSA) is 87.7 Å². The lowest BCUT2D eigenvalue weighted by atomic mass is 10.0. The third-order valence-corrected chi connectivity index (χ3v) is 4.92. The van der Waals surface area contributed by atoms with Crippen LogP contribution in [0.4, 0.5) is 11.4 Å². The van der Waals surface area contributed by atoms with Crippen molar-refractivity contribution < 1.29 is 19.1 Å². The lowest BCUT2D eigenvalue weighted by Gasteiger charge is -2.27. The second kappa shape index (κ2) is 8.87. The Kier molecular flexibility index (Phi) is 6.29. The predicted molar refractivity (Wildman–Crippen MR) is 111 cm³/mol. The molecule has 1 fully saturated rings. The molecule has 29 heavy (non-hydrogen) atoms. The SMILES string of the molecule is CC(=O)Nc1cc(C(=O)Nc2cccc(C(=O)N3CCOCC3)c2C)ccc1C. The Labute approximate surface area is 170 Å².